The number of nitrogens with two attached hydrogens (primary N) is 1. The van der Waals surface area contributed by atoms with Gasteiger partial charge < -0.3 is 11.1 Å². The first-order valence-electron chi connectivity index (χ1n) is 5.36. The number of aromatic nitrogens is 2. The lowest BCUT2D eigenvalue weighted by Crippen LogP contribution is -2.33. The van der Waals surface area contributed by atoms with Crippen LogP contribution in [0.4, 0.5) is 5.13 Å². The molecule has 1 saturated carbocycles. The Hall–Kier alpha value is -1.17. The summed E-state index contributed by atoms with van der Waals surface area (Å²) in [6, 6.07) is 0.257. The van der Waals surface area contributed by atoms with E-state index in [0.717, 1.165) is 30.6 Å². The van der Waals surface area contributed by atoms with Crippen LogP contribution in [0.25, 0.3) is 0 Å². The van der Waals surface area contributed by atoms with Gasteiger partial charge in [0, 0.05) is 6.04 Å². The van der Waals surface area contributed by atoms with E-state index in [0.29, 0.717) is 15.6 Å². The Kier molecular flexibility index (Phi) is 2.84. The standard InChI is InChI=1S/C10H16N4OS/c1-10(2)4-3-6(5-10)12-7(15)8-13-14-9(11)16-8/h6H,3-5H2,1-2H3,(H2,11,14)(H,12,15). The van der Waals surface area contributed by atoms with Gasteiger partial charge in [-0.15, -0.1) is 10.2 Å². The van der Waals surface area contributed by atoms with Crippen molar-refractivity contribution in [2.24, 2.45) is 5.41 Å². The van der Waals surface area contributed by atoms with Crippen molar-refractivity contribution in [2.75, 3.05) is 5.73 Å². The molecule has 0 spiro atoms. The van der Waals surface area contributed by atoms with Gasteiger partial charge in [0.25, 0.3) is 5.91 Å². The van der Waals surface area contributed by atoms with Gasteiger partial charge in [0.1, 0.15) is 0 Å². The van der Waals surface area contributed by atoms with Crippen molar-refractivity contribution in [1.82, 2.24) is 15.5 Å². The number of carbonyl (C=O) groups excluding carboxylic acids is 1. The Balaban J connectivity index is 1.94. The molecule has 1 unspecified atom stereocenters. The molecule has 1 aromatic heterocycles. The molecule has 1 aliphatic carbocycles. The number of nitrogens with zero attached hydrogens (tertiary/aromatic N) is 2. The van der Waals surface area contributed by atoms with Crippen LogP contribution in [0.3, 0.4) is 0 Å². The number of rotatable bonds is 2. The fourth-order valence-electron chi connectivity index (χ4n) is 2.13. The monoisotopic (exact) mass is 240 g/mol. The zero-order valence-corrected chi connectivity index (χ0v) is 10.3. The van der Waals surface area contributed by atoms with Crippen molar-refractivity contribution in [2.45, 2.75) is 39.2 Å². The van der Waals surface area contributed by atoms with Crippen molar-refractivity contribution in [1.29, 1.82) is 0 Å². The molecule has 1 atom stereocenters. The van der Waals surface area contributed by atoms with Crippen molar-refractivity contribution in [3.63, 3.8) is 0 Å². The highest BCUT2D eigenvalue weighted by Crippen LogP contribution is 2.36. The summed E-state index contributed by atoms with van der Waals surface area (Å²) in [7, 11) is 0. The van der Waals surface area contributed by atoms with Crippen LogP contribution >= 0.6 is 11.3 Å². The molecule has 16 heavy (non-hydrogen) atoms. The zero-order valence-electron chi connectivity index (χ0n) is 9.49. The first-order chi connectivity index (χ1) is 7.46. The summed E-state index contributed by atoms with van der Waals surface area (Å²) in [5.41, 5.74) is 5.76. The van der Waals surface area contributed by atoms with Gasteiger partial charge >= 0.3 is 0 Å². The molecule has 6 heteroatoms. The van der Waals surface area contributed by atoms with Crippen LogP contribution in [0.1, 0.15) is 42.9 Å². The minimum Gasteiger partial charge on any atom is -0.374 e. The summed E-state index contributed by atoms with van der Waals surface area (Å²) in [6.45, 7) is 4.45. The quantitative estimate of drug-likeness (QED) is 0.819. The molecule has 0 bridgehead atoms. The van der Waals surface area contributed by atoms with Crippen molar-refractivity contribution >= 4 is 22.4 Å². The normalized spacial score (nSPS) is 23.2. The van der Waals surface area contributed by atoms with E-state index in [2.05, 4.69) is 29.4 Å². The summed E-state index contributed by atoms with van der Waals surface area (Å²) in [4.78, 5) is 11.8. The molecule has 2 rings (SSSR count). The van der Waals surface area contributed by atoms with Gasteiger partial charge in [-0.05, 0) is 24.7 Å². The van der Waals surface area contributed by atoms with E-state index in [1.54, 1.807) is 0 Å². The lowest BCUT2D eigenvalue weighted by molar-refractivity contribution is 0.0935. The predicted octanol–water partition coefficient (Wildman–Crippen LogP) is 1.43. The fourth-order valence-corrected chi connectivity index (χ4v) is 2.65. The van der Waals surface area contributed by atoms with Gasteiger partial charge in [-0.2, -0.15) is 0 Å². The second-order valence-electron chi connectivity index (χ2n) is 5.02. The topological polar surface area (TPSA) is 80.9 Å². The molecule has 1 fully saturated rings. The van der Waals surface area contributed by atoms with Gasteiger partial charge in [-0.3, -0.25) is 4.79 Å². The molecule has 5 nitrogen and oxygen atoms in total. The van der Waals surface area contributed by atoms with Crippen LogP contribution in [0.2, 0.25) is 0 Å². The van der Waals surface area contributed by atoms with E-state index in [1.807, 2.05) is 0 Å². The van der Waals surface area contributed by atoms with E-state index in [9.17, 15) is 4.79 Å². The maximum absolute atomic E-state index is 11.8. The number of nitrogen functional groups attached to an aromatic ring is 1. The second kappa shape index (κ2) is 4.01. The van der Waals surface area contributed by atoms with E-state index in [1.165, 1.54) is 0 Å². The van der Waals surface area contributed by atoms with Gasteiger partial charge in [-0.25, -0.2) is 0 Å². The summed E-state index contributed by atoms with van der Waals surface area (Å²) >= 11 is 1.12. The van der Waals surface area contributed by atoms with E-state index in [-0.39, 0.29) is 11.9 Å². The molecule has 3 N–H and O–H groups in total. The molecule has 1 aliphatic rings. The van der Waals surface area contributed by atoms with Crippen LogP contribution < -0.4 is 11.1 Å². The Bertz CT molecular complexity index is 401. The Morgan fingerprint density at radius 1 is 1.56 bits per heavy atom. The lowest BCUT2D eigenvalue weighted by Gasteiger charge is -2.17. The van der Waals surface area contributed by atoms with Crippen LogP contribution in [0.5, 0.6) is 0 Å². The highest BCUT2D eigenvalue weighted by molar-refractivity contribution is 7.16. The predicted molar refractivity (Wildman–Crippen MR) is 63.2 cm³/mol. The Morgan fingerprint density at radius 2 is 2.31 bits per heavy atom. The van der Waals surface area contributed by atoms with Gasteiger partial charge in [0.05, 0.1) is 0 Å². The molecular weight excluding hydrogens is 224 g/mol. The summed E-state index contributed by atoms with van der Waals surface area (Å²) in [5.74, 6) is -0.156. The SMILES string of the molecule is CC1(C)CCC(NC(=O)c2nnc(N)s2)C1. The minimum atomic E-state index is -0.156. The maximum atomic E-state index is 11.8. The Morgan fingerprint density at radius 3 is 2.81 bits per heavy atom. The zero-order chi connectivity index (χ0) is 11.8. The third-order valence-electron chi connectivity index (χ3n) is 2.94. The summed E-state index contributed by atoms with van der Waals surface area (Å²) < 4.78 is 0. The lowest BCUT2D eigenvalue weighted by atomic mass is 9.92. The van der Waals surface area contributed by atoms with E-state index < -0.39 is 0 Å². The van der Waals surface area contributed by atoms with Gasteiger partial charge in [-0.1, -0.05) is 25.2 Å². The maximum Gasteiger partial charge on any atom is 0.282 e. The van der Waals surface area contributed by atoms with Crippen molar-refractivity contribution in [3.05, 3.63) is 5.01 Å². The molecule has 1 aromatic rings. The molecule has 0 aromatic carbocycles. The smallest absolute Gasteiger partial charge is 0.282 e. The van der Waals surface area contributed by atoms with Gasteiger partial charge in [0.2, 0.25) is 10.1 Å². The average Bonchev–Trinajstić information content (AvgIpc) is 2.73. The molecule has 0 radical (unpaired) electrons. The van der Waals surface area contributed by atoms with Gasteiger partial charge in [0.15, 0.2) is 0 Å². The number of hydrogen-bond acceptors (Lipinski definition) is 5. The van der Waals surface area contributed by atoms with Crippen LogP contribution in [-0.2, 0) is 0 Å². The van der Waals surface area contributed by atoms with Crippen LogP contribution in [-0.4, -0.2) is 22.1 Å². The van der Waals surface area contributed by atoms with E-state index in [4.69, 9.17) is 5.73 Å². The van der Waals surface area contributed by atoms with Crippen LogP contribution in [0, 0.1) is 5.41 Å². The number of hydrogen-bond donors (Lipinski definition) is 2. The highest BCUT2D eigenvalue weighted by atomic mass is 32.1. The third-order valence-corrected chi connectivity index (χ3v) is 3.69. The molecular formula is C10H16N4OS. The molecule has 88 valence electrons. The van der Waals surface area contributed by atoms with Crippen molar-refractivity contribution in [3.8, 4) is 0 Å². The second-order valence-corrected chi connectivity index (χ2v) is 6.03. The molecule has 1 heterocycles. The number of anilines is 1. The highest BCUT2D eigenvalue weighted by Gasteiger charge is 2.32. The Labute approximate surface area is 98.4 Å². The minimum absolute atomic E-state index is 0.156. The molecule has 1 amide bonds. The summed E-state index contributed by atoms with van der Waals surface area (Å²) in [6.07, 6.45) is 3.20. The number of amides is 1. The molecule has 0 aliphatic heterocycles. The number of nitrogens with one attached hydrogen (secondary N) is 1. The summed E-state index contributed by atoms with van der Waals surface area (Å²) in [5, 5.41) is 11.0. The van der Waals surface area contributed by atoms with Crippen molar-refractivity contribution < 1.29 is 4.79 Å². The van der Waals surface area contributed by atoms with E-state index >= 15 is 0 Å². The average molecular weight is 240 g/mol. The largest absolute Gasteiger partial charge is 0.374 e. The molecule has 0 saturated heterocycles. The van der Waals surface area contributed by atoms with Crippen LogP contribution in [0.15, 0.2) is 0 Å². The first kappa shape index (κ1) is 11.3. The number of carbonyl (C=O) groups is 1. The fraction of sp³-hybridized carbons (Fsp3) is 0.700. The third kappa shape index (κ3) is 2.49. The first-order valence-corrected chi connectivity index (χ1v) is 6.18.